The number of ether oxygens (including phenoxy) is 3. The molecule has 0 fully saturated rings. The fourth-order valence-electron chi connectivity index (χ4n) is 2.51. The summed E-state index contributed by atoms with van der Waals surface area (Å²) >= 11 is 0. The first-order valence-corrected chi connectivity index (χ1v) is 8.06. The summed E-state index contributed by atoms with van der Waals surface area (Å²) in [6, 6.07) is 11.1. The van der Waals surface area contributed by atoms with Crippen molar-refractivity contribution in [2.75, 3.05) is 19.8 Å². The number of para-hydroxylation sites is 1. The van der Waals surface area contributed by atoms with Gasteiger partial charge in [0.15, 0.2) is 23.0 Å². The molecule has 3 rings (SSSR count). The molecule has 0 saturated heterocycles. The van der Waals surface area contributed by atoms with Crippen LogP contribution in [0.5, 0.6) is 23.0 Å². The summed E-state index contributed by atoms with van der Waals surface area (Å²) in [5, 5.41) is 10.2. The average molecular weight is 327 g/mol. The monoisotopic (exact) mass is 327 g/mol. The van der Waals surface area contributed by atoms with Gasteiger partial charge in [0.05, 0.1) is 12.6 Å². The number of nitrogens with zero attached hydrogens (tertiary/aromatic N) is 1. The largest absolute Gasteiger partial charge is 0.504 e. The Morgan fingerprint density at radius 1 is 1.21 bits per heavy atom. The van der Waals surface area contributed by atoms with Crippen molar-refractivity contribution in [2.45, 2.75) is 19.9 Å². The number of aromatic hydroxyl groups is 1. The second-order valence-electron chi connectivity index (χ2n) is 5.48. The van der Waals surface area contributed by atoms with Gasteiger partial charge >= 0.3 is 0 Å². The minimum Gasteiger partial charge on any atom is -0.504 e. The van der Waals surface area contributed by atoms with Gasteiger partial charge in [-0.25, -0.2) is 0 Å². The third-order valence-electron chi connectivity index (χ3n) is 3.82. The first-order chi connectivity index (χ1) is 11.7. The molecule has 0 saturated carbocycles. The van der Waals surface area contributed by atoms with Gasteiger partial charge in [-0.05, 0) is 43.7 Å². The van der Waals surface area contributed by atoms with Gasteiger partial charge in [-0.2, -0.15) is 0 Å². The summed E-state index contributed by atoms with van der Waals surface area (Å²) in [5.41, 5.74) is 1.65. The molecule has 126 valence electrons. The van der Waals surface area contributed by atoms with Crippen LogP contribution in [0.3, 0.4) is 0 Å². The topological polar surface area (TPSA) is 60.3 Å². The van der Waals surface area contributed by atoms with Crippen LogP contribution in [-0.4, -0.2) is 31.1 Å². The number of hydrogen-bond acceptors (Lipinski definition) is 5. The second kappa shape index (κ2) is 7.25. The summed E-state index contributed by atoms with van der Waals surface area (Å²) in [7, 11) is 0. The molecule has 2 aromatic rings. The van der Waals surface area contributed by atoms with Crippen molar-refractivity contribution >= 4 is 6.21 Å². The van der Waals surface area contributed by atoms with Crippen LogP contribution < -0.4 is 14.2 Å². The molecular formula is C19H21NO4. The lowest BCUT2D eigenvalue weighted by molar-refractivity contribution is 0.171. The number of phenols is 1. The molecule has 5 nitrogen and oxygen atoms in total. The highest BCUT2D eigenvalue weighted by Crippen LogP contribution is 2.34. The van der Waals surface area contributed by atoms with E-state index in [9.17, 15) is 5.11 Å². The Morgan fingerprint density at radius 3 is 2.79 bits per heavy atom. The summed E-state index contributed by atoms with van der Waals surface area (Å²) in [5.74, 6) is 2.09. The SMILES string of the molecule is CCOc1cccc(C=N[C@H](C)c2ccc3c(c2)OCCO3)c1O. The fourth-order valence-corrected chi connectivity index (χ4v) is 2.51. The molecule has 2 aromatic carbocycles. The predicted octanol–water partition coefficient (Wildman–Crippen LogP) is 3.74. The summed E-state index contributed by atoms with van der Waals surface area (Å²) in [4.78, 5) is 4.54. The Kier molecular flexibility index (Phi) is 4.89. The van der Waals surface area contributed by atoms with Gasteiger partial charge in [0.25, 0.3) is 0 Å². The Hall–Kier alpha value is -2.69. The molecule has 0 spiro atoms. The van der Waals surface area contributed by atoms with Gasteiger partial charge in [0.1, 0.15) is 13.2 Å². The maximum Gasteiger partial charge on any atom is 0.166 e. The van der Waals surface area contributed by atoms with Crippen molar-refractivity contribution in [3.8, 4) is 23.0 Å². The molecule has 0 radical (unpaired) electrons. The number of phenolic OH excluding ortho intramolecular Hbond substituents is 1. The molecule has 5 heteroatoms. The minimum atomic E-state index is -0.0732. The van der Waals surface area contributed by atoms with Crippen LogP contribution in [0, 0.1) is 0 Å². The molecule has 0 unspecified atom stereocenters. The van der Waals surface area contributed by atoms with Crippen LogP contribution in [0.4, 0.5) is 0 Å². The van der Waals surface area contributed by atoms with E-state index in [1.165, 1.54) is 0 Å². The summed E-state index contributed by atoms with van der Waals surface area (Å²) < 4.78 is 16.5. The van der Waals surface area contributed by atoms with Gasteiger partial charge in [0, 0.05) is 11.8 Å². The molecule has 1 N–H and O–H groups in total. The predicted molar refractivity (Wildman–Crippen MR) is 92.7 cm³/mol. The normalized spacial score (nSPS) is 14.6. The van der Waals surface area contributed by atoms with Crippen molar-refractivity contribution < 1.29 is 19.3 Å². The highest BCUT2D eigenvalue weighted by atomic mass is 16.6. The minimum absolute atomic E-state index is 0.0732. The first kappa shape index (κ1) is 16.2. The van der Waals surface area contributed by atoms with Crippen LogP contribution in [-0.2, 0) is 0 Å². The van der Waals surface area contributed by atoms with Crippen LogP contribution in [0.25, 0.3) is 0 Å². The third kappa shape index (κ3) is 3.45. The van der Waals surface area contributed by atoms with E-state index >= 15 is 0 Å². The smallest absolute Gasteiger partial charge is 0.166 e. The molecule has 1 aliphatic rings. The lowest BCUT2D eigenvalue weighted by Crippen LogP contribution is -2.15. The molecule has 0 amide bonds. The number of hydrogen-bond donors (Lipinski definition) is 1. The summed E-state index contributed by atoms with van der Waals surface area (Å²) in [6.07, 6.45) is 1.67. The lowest BCUT2D eigenvalue weighted by atomic mass is 10.1. The average Bonchev–Trinajstić information content (AvgIpc) is 2.62. The standard InChI is InChI=1S/C19H21NO4/c1-3-22-17-6-4-5-15(19(17)21)12-20-13(2)14-7-8-16-18(11-14)24-10-9-23-16/h4-8,11-13,21H,3,9-10H2,1-2H3/t13-/m1/s1. The van der Waals surface area contributed by atoms with Crippen molar-refractivity contribution in [1.29, 1.82) is 0 Å². The zero-order chi connectivity index (χ0) is 16.9. The van der Waals surface area contributed by atoms with Crippen LogP contribution in [0.2, 0.25) is 0 Å². The fraction of sp³-hybridized carbons (Fsp3) is 0.316. The van der Waals surface area contributed by atoms with Crippen LogP contribution in [0.1, 0.15) is 31.0 Å². The number of fused-ring (bicyclic) bond motifs is 1. The molecule has 0 aromatic heterocycles. The molecule has 24 heavy (non-hydrogen) atoms. The van der Waals surface area contributed by atoms with E-state index in [4.69, 9.17) is 14.2 Å². The van der Waals surface area contributed by atoms with E-state index in [2.05, 4.69) is 4.99 Å². The van der Waals surface area contributed by atoms with Crippen LogP contribution >= 0.6 is 0 Å². The van der Waals surface area contributed by atoms with Crippen molar-refractivity contribution in [3.05, 3.63) is 47.5 Å². The van der Waals surface area contributed by atoms with Crippen molar-refractivity contribution in [1.82, 2.24) is 0 Å². The van der Waals surface area contributed by atoms with Gasteiger partial charge in [-0.15, -0.1) is 0 Å². The highest BCUT2D eigenvalue weighted by molar-refractivity contribution is 5.85. The zero-order valence-electron chi connectivity index (χ0n) is 13.9. The Bertz CT molecular complexity index is 742. The zero-order valence-corrected chi connectivity index (χ0v) is 13.9. The molecule has 0 bridgehead atoms. The van der Waals surface area contributed by atoms with E-state index in [0.717, 1.165) is 17.1 Å². The third-order valence-corrected chi connectivity index (χ3v) is 3.82. The first-order valence-electron chi connectivity index (χ1n) is 8.06. The number of benzene rings is 2. The Balaban J connectivity index is 1.78. The van der Waals surface area contributed by atoms with Gasteiger partial charge < -0.3 is 19.3 Å². The van der Waals surface area contributed by atoms with E-state index in [0.29, 0.717) is 31.1 Å². The van der Waals surface area contributed by atoms with Gasteiger partial charge in [-0.1, -0.05) is 12.1 Å². The van der Waals surface area contributed by atoms with Crippen molar-refractivity contribution in [3.63, 3.8) is 0 Å². The van der Waals surface area contributed by atoms with E-state index in [-0.39, 0.29) is 11.8 Å². The van der Waals surface area contributed by atoms with E-state index in [1.807, 2.05) is 38.1 Å². The second-order valence-corrected chi connectivity index (χ2v) is 5.48. The molecule has 1 heterocycles. The van der Waals surface area contributed by atoms with Gasteiger partial charge in [0.2, 0.25) is 0 Å². The maximum absolute atomic E-state index is 10.2. The quantitative estimate of drug-likeness (QED) is 0.850. The molecule has 1 aliphatic heterocycles. The Morgan fingerprint density at radius 2 is 2.00 bits per heavy atom. The van der Waals surface area contributed by atoms with E-state index < -0.39 is 0 Å². The molecule has 1 atom stereocenters. The van der Waals surface area contributed by atoms with Crippen LogP contribution in [0.15, 0.2) is 41.4 Å². The van der Waals surface area contributed by atoms with Crippen molar-refractivity contribution in [2.24, 2.45) is 4.99 Å². The number of rotatable bonds is 5. The van der Waals surface area contributed by atoms with Gasteiger partial charge in [-0.3, -0.25) is 4.99 Å². The lowest BCUT2D eigenvalue weighted by Gasteiger charge is -2.19. The Labute approximate surface area is 141 Å². The summed E-state index contributed by atoms with van der Waals surface area (Å²) in [6.45, 7) is 5.51. The van der Waals surface area contributed by atoms with E-state index in [1.54, 1.807) is 18.3 Å². The number of aliphatic imine (C=N–C) groups is 1. The molecular weight excluding hydrogens is 306 g/mol. The molecule has 0 aliphatic carbocycles. The maximum atomic E-state index is 10.2. The highest BCUT2D eigenvalue weighted by Gasteiger charge is 2.14.